The van der Waals surface area contributed by atoms with Crippen molar-refractivity contribution in [2.45, 2.75) is 11.8 Å². The molecule has 0 atom stereocenters. The Balaban J connectivity index is 1.82. The molecule has 3 rings (SSSR count). The molecule has 0 aliphatic rings. The van der Waals surface area contributed by atoms with E-state index in [0.29, 0.717) is 17.2 Å². The number of carbonyl (C=O) groups excluding carboxylic acids is 1. The standard InChI is InChI=1S/C20H17Br2N3O4S/c1-14-19(22)11-17(29-14)12-23-24-20(26)13-25(16-9-7-15(21)8-10-16)30(27,28)18-5-3-2-4-6-18/h2-12H,13H2,1H3,(H,24,26)/b23-12-. The number of carbonyl (C=O) groups is 1. The topological polar surface area (TPSA) is 92.0 Å². The third kappa shape index (κ3) is 5.38. The molecule has 1 N–H and O–H groups in total. The molecule has 156 valence electrons. The third-order valence-electron chi connectivity index (χ3n) is 3.99. The summed E-state index contributed by atoms with van der Waals surface area (Å²) in [6.07, 6.45) is 1.34. The highest BCUT2D eigenvalue weighted by Crippen LogP contribution is 2.25. The number of rotatable bonds is 7. The van der Waals surface area contributed by atoms with E-state index in [1.807, 2.05) is 0 Å². The molecule has 0 aliphatic carbocycles. The minimum absolute atomic E-state index is 0.0835. The molecule has 0 radical (unpaired) electrons. The fraction of sp³-hybridized carbons (Fsp3) is 0.100. The van der Waals surface area contributed by atoms with Crippen LogP contribution in [-0.2, 0) is 14.8 Å². The van der Waals surface area contributed by atoms with E-state index in [1.54, 1.807) is 55.5 Å². The van der Waals surface area contributed by atoms with Crippen molar-refractivity contribution >= 4 is 59.7 Å². The van der Waals surface area contributed by atoms with Gasteiger partial charge in [-0.2, -0.15) is 5.10 Å². The van der Waals surface area contributed by atoms with Gasteiger partial charge in [-0.25, -0.2) is 13.8 Å². The number of hydrogen-bond donors (Lipinski definition) is 1. The largest absolute Gasteiger partial charge is 0.459 e. The minimum atomic E-state index is -3.96. The highest BCUT2D eigenvalue weighted by atomic mass is 79.9. The number of hydrazone groups is 1. The zero-order valence-electron chi connectivity index (χ0n) is 15.7. The highest BCUT2D eigenvalue weighted by Gasteiger charge is 2.27. The number of furan rings is 1. The Morgan fingerprint density at radius 3 is 2.40 bits per heavy atom. The van der Waals surface area contributed by atoms with E-state index in [2.05, 4.69) is 42.4 Å². The SMILES string of the molecule is Cc1oc(/C=N\NC(=O)CN(c2ccc(Br)cc2)S(=O)(=O)c2ccccc2)cc1Br. The van der Waals surface area contributed by atoms with Gasteiger partial charge in [0.1, 0.15) is 18.1 Å². The van der Waals surface area contributed by atoms with Crippen LogP contribution in [0.2, 0.25) is 0 Å². The number of hydrogen-bond acceptors (Lipinski definition) is 5. The van der Waals surface area contributed by atoms with E-state index in [1.165, 1.54) is 18.3 Å². The second-order valence-corrected chi connectivity index (χ2v) is 9.78. The fourth-order valence-electron chi connectivity index (χ4n) is 2.52. The van der Waals surface area contributed by atoms with Crippen LogP contribution in [0.25, 0.3) is 0 Å². The van der Waals surface area contributed by atoms with Crippen LogP contribution in [0.1, 0.15) is 11.5 Å². The lowest BCUT2D eigenvalue weighted by Gasteiger charge is -2.23. The Morgan fingerprint density at radius 2 is 1.80 bits per heavy atom. The first-order valence-electron chi connectivity index (χ1n) is 8.68. The number of benzene rings is 2. The molecule has 0 saturated carbocycles. The molecule has 0 spiro atoms. The Labute approximate surface area is 191 Å². The predicted octanol–water partition coefficient (Wildman–Crippen LogP) is 4.46. The number of sulfonamides is 1. The molecule has 0 unspecified atom stereocenters. The van der Waals surface area contributed by atoms with Crippen molar-refractivity contribution in [2.24, 2.45) is 5.10 Å². The van der Waals surface area contributed by atoms with Gasteiger partial charge in [-0.1, -0.05) is 34.1 Å². The second kappa shape index (κ2) is 9.59. The molecule has 2 aromatic carbocycles. The molecule has 0 bridgehead atoms. The lowest BCUT2D eigenvalue weighted by Crippen LogP contribution is -2.39. The lowest BCUT2D eigenvalue weighted by molar-refractivity contribution is -0.119. The van der Waals surface area contributed by atoms with Crippen LogP contribution < -0.4 is 9.73 Å². The number of aryl methyl sites for hydroxylation is 1. The molecule has 1 amide bonds. The zero-order valence-corrected chi connectivity index (χ0v) is 19.7. The molecule has 1 heterocycles. The molecule has 0 fully saturated rings. The molecule has 0 saturated heterocycles. The zero-order chi connectivity index (χ0) is 21.7. The van der Waals surface area contributed by atoms with Gasteiger partial charge in [0.2, 0.25) is 0 Å². The third-order valence-corrected chi connectivity index (χ3v) is 7.09. The Morgan fingerprint density at radius 1 is 1.13 bits per heavy atom. The van der Waals surface area contributed by atoms with E-state index >= 15 is 0 Å². The molecule has 10 heteroatoms. The molecule has 7 nitrogen and oxygen atoms in total. The van der Waals surface area contributed by atoms with E-state index < -0.39 is 22.5 Å². The van der Waals surface area contributed by atoms with Gasteiger partial charge < -0.3 is 4.42 Å². The first-order chi connectivity index (χ1) is 14.3. The lowest BCUT2D eigenvalue weighted by atomic mass is 10.3. The van der Waals surface area contributed by atoms with Gasteiger partial charge in [-0.3, -0.25) is 9.10 Å². The summed E-state index contributed by atoms with van der Waals surface area (Å²) in [6, 6.07) is 16.3. The smallest absolute Gasteiger partial charge is 0.264 e. The van der Waals surface area contributed by atoms with Gasteiger partial charge in [0.25, 0.3) is 15.9 Å². The van der Waals surface area contributed by atoms with Crippen molar-refractivity contribution in [3.8, 4) is 0 Å². The molecule has 0 aliphatic heterocycles. The summed E-state index contributed by atoms with van der Waals surface area (Å²) in [5.74, 6) is 0.524. The normalized spacial score (nSPS) is 11.6. The van der Waals surface area contributed by atoms with Gasteiger partial charge in [0, 0.05) is 10.5 Å². The first-order valence-corrected chi connectivity index (χ1v) is 11.7. The van der Waals surface area contributed by atoms with Crippen LogP contribution in [0.3, 0.4) is 0 Å². The summed E-state index contributed by atoms with van der Waals surface area (Å²) in [7, 11) is -3.96. The quantitative estimate of drug-likeness (QED) is 0.345. The summed E-state index contributed by atoms with van der Waals surface area (Å²) in [5.41, 5.74) is 2.69. The van der Waals surface area contributed by atoms with Crippen LogP contribution in [0.4, 0.5) is 5.69 Å². The van der Waals surface area contributed by atoms with Crippen LogP contribution in [0.15, 0.2) is 84.0 Å². The number of halogens is 2. The van der Waals surface area contributed by atoms with E-state index in [9.17, 15) is 13.2 Å². The summed E-state index contributed by atoms with van der Waals surface area (Å²) >= 11 is 6.65. The number of anilines is 1. The Kier molecular flexibility index (Phi) is 7.11. The predicted molar refractivity (Wildman–Crippen MR) is 122 cm³/mol. The average molecular weight is 555 g/mol. The summed E-state index contributed by atoms with van der Waals surface area (Å²) in [6.45, 7) is 1.33. The van der Waals surface area contributed by atoms with E-state index in [-0.39, 0.29) is 4.90 Å². The summed E-state index contributed by atoms with van der Waals surface area (Å²) < 4.78 is 34.3. The number of amides is 1. The van der Waals surface area contributed by atoms with Gasteiger partial charge in [-0.05, 0) is 59.3 Å². The molecule has 30 heavy (non-hydrogen) atoms. The molecule has 1 aromatic heterocycles. The van der Waals surface area contributed by atoms with Crippen molar-refractivity contribution in [3.63, 3.8) is 0 Å². The van der Waals surface area contributed by atoms with Gasteiger partial charge in [0.05, 0.1) is 21.3 Å². The van der Waals surface area contributed by atoms with Crippen molar-refractivity contribution < 1.29 is 17.6 Å². The van der Waals surface area contributed by atoms with E-state index in [4.69, 9.17) is 4.42 Å². The average Bonchev–Trinajstić information content (AvgIpc) is 3.05. The van der Waals surface area contributed by atoms with Crippen molar-refractivity contribution in [1.29, 1.82) is 0 Å². The van der Waals surface area contributed by atoms with Crippen LogP contribution >= 0.6 is 31.9 Å². The number of nitrogens with zero attached hydrogens (tertiary/aromatic N) is 2. The Bertz CT molecular complexity index is 1140. The van der Waals surface area contributed by atoms with Crippen molar-refractivity contribution in [2.75, 3.05) is 10.8 Å². The molecule has 3 aromatic rings. The van der Waals surface area contributed by atoms with Crippen LogP contribution in [-0.4, -0.2) is 27.1 Å². The fourth-order valence-corrected chi connectivity index (χ4v) is 4.53. The monoisotopic (exact) mass is 553 g/mol. The van der Waals surface area contributed by atoms with Crippen LogP contribution in [0, 0.1) is 6.92 Å². The maximum Gasteiger partial charge on any atom is 0.264 e. The maximum absolute atomic E-state index is 13.2. The van der Waals surface area contributed by atoms with Gasteiger partial charge in [-0.15, -0.1) is 0 Å². The second-order valence-electron chi connectivity index (χ2n) is 6.15. The highest BCUT2D eigenvalue weighted by molar-refractivity contribution is 9.10. The summed E-state index contributed by atoms with van der Waals surface area (Å²) in [4.78, 5) is 12.5. The molecular formula is C20H17Br2N3O4S. The molecular weight excluding hydrogens is 538 g/mol. The Hall–Kier alpha value is -2.43. The number of nitrogens with one attached hydrogen (secondary N) is 1. The van der Waals surface area contributed by atoms with Crippen molar-refractivity contribution in [3.05, 3.63) is 81.1 Å². The minimum Gasteiger partial charge on any atom is -0.459 e. The van der Waals surface area contributed by atoms with Gasteiger partial charge in [0.15, 0.2) is 0 Å². The first kappa shape index (κ1) is 22.3. The summed E-state index contributed by atoms with van der Waals surface area (Å²) in [5, 5.41) is 3.84. The van der Waals surface area contributed by atoms with E-state index in [0.717, 1.165) is 13.3 Å². The van der Waals surface area contributed by atoms with Gasteiger partial charge >= 0.3 is 0 Å². The van der Waals surface area contributed by atoms with Crippen LogP contribution in [0.5, 0.6) is 0 Å². The maximum atomic E-state index is 13.2. The van der Waals surface area contributed by atoms with Crippen molar-refractivity contribution in [1.82, 2.24) is 5.43 Å².